The van der Waals surface area contributed by atoms with Crippen LogP contribution in [0.4, 0.5) is 0 Å². The maximum absolute atomic E-state index is 9.94. The Labute approximate surface area is 75.3 Å². The molecule has 0 aliphatic heterocycles. The Morgan fingerprint density at radius 1 is 1.33 bits per heavy atom. The van der Waals surface area contributed by atoms with Crippen LogP contribution in [0, 0.1) is 11.8 Å². The van der Waals surface area contributed by atoms with Crippen LogP contribution in [0.15, 0.2) is 0 Å². The first-order chi connectivity index (χ1) is 5.70. The summed E-state index contributed by atoms with van der Waals surface area (Å²) in [6.45, 7) is 7.70. The second-order valence-electron chi connectivity index (χ2n) is 3.68. The monoisotopic (exact) mass is 172 g/mol. The SMILES string of the molecule is CCC(CCC(C)C)COC=O. The van der Waals surface area contributed by atoms with Crippen LogP contribution in [0.2, 0.25) is 0 Å². The average Bonchev–Trinajstić information content (AvgIpc) is 2.05. The molecule has 12 heavy (non-hydrogen) atoms. The minimum atomic E-state index is 0.540. The molecule has 1 atom stereocenters. The predicted octanol–water partition coefficient (Wildman–Crippen LogP) is 2.62. The molecule has 0 saturated carbocycles. The highest BCUT2D eigenvalue weighted by Gasteiger charge is 2.07. The van der Waals surface area contributed by atoms with E-state index in [1.54, 1.807) is 0 Å². The summed E-state index contributed by atoms with van der Waals surface area (Å²) in [5.74, 6) is 1.30. The number of rotatable bonds is 7. The third-order valence-corrected chi connectivity index (χ3v) is 2.13. The van der Waals surface area contributed by atoms with E-state index < -0.39 is 0 Å². The summed E-state index contributed by atoms with van der Waals surface area (Å²) in [6.07, 6.45) is 3.49. The number of hydrogen-bond acceptors (Lipinski definition) is 2. The molecule has 0 N–H and O–H groups in total. The van der Waals surface area contributed by atoms with Gasteiger partial charge in [0.25, 0.3) is 6.47 Å². The Morgan fingerprint density at radius 3 is 2.42 bits per heavy atom. The summed E-state index contributed by atoms with van der Waals surface area (Å²) < 4.78 is 4.74. The first kappa shape index (κ1) is 11.5. The zero-order valence-corrected chi connectivity index (χ0v) is 8.38. The van der Waals surface area contributed by atoms with Crippen molar-refractivity contribution in [2.24, 2.45) is 11.8 Å². The van der Waals surface area contributed by atoms with Crippen molar-refractivity contribution in [3.8, 4) is 0 Å². The van der Waals surface area contributed by atoms with Crippen LogP contribution in [0.25, 0.3) is 0 Å². The van der Waals surface area contributed by atoms with Gasteiger partial charge in [-0.25, -0.2) is 0 Å². The van der Waals surface area contributed by atoms with E-state index in [9.17, 15) is 4.79 Å². The second kappa shape index (κ2) is 7.14. The molecule has 72 valence electrons. The fraction of sp³-hybridized carbons (Fsp3) is 0.900. The fourth-order valence-electron chi connectivity index (χ4n) is 1.15. The second-order valence-corrected chi connectivity index (χ2v) is 3.68. The van der Waals surface area contributed by atoms with Crippen LogP contribution >= 0.6 is 0 Å². The van der Waals surface area contributed by atoms with Crippen LogP contribution < -0.4 is 0 Å². The first-order valence-corrected chi connectivity index (χ1v) is 4.75. The molecule has 0 rings (SSSR count). The molecule has 0 radical (unpaired) electrons. The van der Waals surface area contributed by atoms with Gasteiger partial charge in [0.2, 0.25) is 0 Å². The van der Waals surface area contributed by atoms with E-state index in [1.807, 2.05) is 0 Å². The van der Waals surface area contributed by atoms with Gasteiger partial charge in [-0.1, -0.05) is 33.6 Å². The summed E-state index contributed by atoms with van der Waals surface area (Å²) in [7, 11) is 0. The van der Waals surface area contributed by atoms with Gasteiger partial charge in [0, 0.05) is 0 Å². The molecule has 0 aromatic rings. The van der Waals surface area contributed by atoms with Crippen molar-refractivity contribution in [1.82, 2.24) is 0 Å². The molecule has 0 aliphatic rings. The molecule has 1 unspecified atom stereocenters. The lowest BCUT2D eigenvalue weighted by atomic mass is 9.96. The fourth-order valence-corrected chi connectivity index (χ4v) is 1.15. The van der Waals surface area contributed by atoms with E-state index in [1.165, 1.54) is 12.8 Å². The van der Waals surface area contributed by atoms with Crippen molar-refractivity contribution in [1.29, 1.82) is 0 Å². The lowest BCUT2D eigenvalue weighted by Crippen LogP contribution is -2.09. The number of carbonyl (C=O) groups is 1. The van der Waals surface area contributed by atoms with Crippen LogP contribution in [0.1, 0.15) is 40.0 Å². The maximum Gasteiger partial charge on any atom is 0.293 e. The van der Waals surface area contributed by atoms with Crippen molar-refractivity contribution < 1.29 is 9.53 Å². The van der Waals surface area contributed by atoms with E-state index >= 15 is 0 Å². The van der Waals surface area contributed by atoms with Crippen molar-refractivity contribution >= 4 is 6.47 Å². The average molecular weight is 172 g/mol. The van der Waals surface area contributed by atoms with E-state index in [0.717, 1.165) is 12.3 Å². The molecule has 0 saturated heterocycles. The zero-order chi connectivity index (χ0) is 9.40. The van der Waals surface area contributed by atoms with E-state index in [4.69, 9.17) is 4.74 Å². The molecular weight excluding hydrogens is 152 g/mol. The summed E-state index contributed by atoms with van der Waals surface area (Å²) in [4.78, 5) is 9.94. The van der Waals surface area contributed by atoms with E-state index in [-0.39, 0.29) is 0 Å². The van der Waals surface area contributed by atoms with E-state index in [2.05, 4.69) is 20.8 Å². The zero-order valence-electron chi connectivity index (χ0n) is 8.38. The smallest absolute Gasteiger partial charge is 0.293 e. The maximum atomic E-state index is 9.94. The molecule has 0 heterocycles. The molecule has 0 amide bonds. The van der Waals surface area contributed by atoms with Gasteiger partial charge < -0.3 is 4.74 Å². The van der Waals surface area contributed by atoms with Gasteiger partial charge in [0.05, 0.1) is 6.61 Å². The number of carbonyl (C=O) groups excluding carboxylic acids is 1. The molecule has 0 aromatic carbocycles. The summed E-state index contributed by atoms with van der Waals surface area (Å²) in [5.41, 5.74) is 0. The Hall–Kier alpha value is -0.530. The number of ether oxygens (including phenoxy) is 1. The quantitative estimate of drug-likeness (QED) is 0.552. The van der Waals surface area contributed by atoms with Crippen LogP contribution in [0.3, 0.4) is 0 Å². The van der Waals surface area contributed by atoms with Gasteiger partial charge in [0.1, 0.15) is 0 Å². The van der Waals surface area contributed by atoms with Crippen molar-refractivity contribution in [3.63, 3.8) is 0 Å². The van der Waals surface area contributed by atoms with Crippen LogP contribution in [0.5, 0.6) is 0 Å². The topological polar surface area (TPSA) is 26.3 Å². The Bertz CT molecular complexity index is 110. The Balaban J connectivity index is 3.45. The third kappa shape index (κ3) is 6.20. The molecule has 0 bridgehead atoms. The molecule has 0 fully saturated rings. The van der Waals surface area contributed by atoms with Crippen molar-refractivity contribution in [2.75, 3.05) is 6.61 Å². The molecule has 2 heteroatoms. The normalized spacial score (nSPS) is 13.0. The molecule has 2 nitrogen and oxygen atoms in total. The van der Waals surface area contributed by atoms with E-state index in [0.29, 0.717) is 19.0 Å². The number of hydrogen-bond donors (Lipinski definition) is 0. The highest BCUT2D eigenvalue weighted by Crippen LogP contribution is 2.15. The van der Waals surface area contributed by atoms with Gasteiger partial charge in [0.15, 0.2) is 0 Å². The lowest BCUT2D eigenvalue weighted by molar-refractivity contribution is -0.130. The third-order valence-electron chi connectivity index (χ3n) is 2.13. The molecule has 0 aromatic heterocycles. The van der Waals surface area contributed by atoms with Gasteiger partial charge in [-0.05, 0) is 18.3 Å². The van der Waals surface area contributed by atoms with Gasteiger partial charge in [-0.3, -0.25) is 4.79 Å². The summed E-state index contributed by atoms with van der Waals surface area (Å²) in [6, 6.07) is 0. The highest BCUT2D eigenvalue weighted by atomic mass is 16.5. The highest BCUT2D eigenvalue weighted by molar-refractivity contribution is 5.36. The van der Waals surface area contributed by atoms with Crippen molar-refractivity contribution in [3.05, 3.63) is 0 Å². The molecule has 0 aliphatic carbocycles. The summed E-state index contributed by atoms with van der Waals surface area (Å²) in [5, 5.41) is 0. The Morgan fingerprint density at radius 2 is 2.00 bits per heavy atom. The minimum absolute atomic E-state index is 0.540. The predicted molar refractivity (Wildman–Crippen MR) is 49.9 cm³/mol. The van der Waals surface area contributed by atoms with Crippen LogP contribution in [-0.2, 0) is 9.53 Å². The first-order valence-electron chi connectivity index (χ1n) is 4.75. The largest absolute Gasteiger partial charge is 0.468 e. The van der Waals surface area contributed by atoms with Gasteiger partial charge >= 0.3 is 0 Å². The summed E-state index contributed by atoms with van der Waals surface area (Å²) >= 11 is 0. The standard InChI is InChI=1S/C10H20O2/c1-4-10(7-12-8-11)6-5-9(2)3/h8-10H,4-7H2,1-3H3. The van der Waals surface area contributed by atoms with Gasteiger partial charge in [-0.2, -0.15) is 0 Å². The molecule has 0 spiro atoms. The van der Waals surface area contributed by atoms with Gasteiger partial charge in [-0.15, -0.1) is 0 Å². The Kier molecular flexibility index (Phi) is 6.82. The van der Waals surface area contributed by atoms with Crippen molar-refractivity contribution in [2.45, 2.75) is 40.0 Å². The van der Waals surface area contributed by atoms with Crippen LogP contribution in [-0.4, -0.2) is 13.1 Å². The molecular formula is C10H20O2. The minimum Gasteiger partial charge on any atom is -0.468 e. The lowest BCUT2D eigenvalue weighted by Gasteiger charge is -2.14.